The van der Waals surface area contributed by atoms with E-state index in [1.807, 2.05) is 30.3 Å². The molecule has 0 aliphatic heterocycles. The van der Waals surface area contributed by atoms with Gasteiger partial charge >= 0.3 is 12.0 Å². The van der Waals surface area contributed by atoms with E-state index in [4.69, 9.17) is 37.7 Å². The number of carbonyl (C=O) groups excluding carboxylic acids is 3. The number of hydrogen-bond donors (Lipinski definition) is 2. The molecule has 1 atom stereocenters. The predicted octanol–water partition coefficient (Wildman–Crippen LogP) is 10.2. The maximum absolute atomic E-state index is 14.9. The molecule has 3 aromatic carbocycles. The van der Waals surface area contributed by atoms with E-state index in [9.17, 15) is 19.2 Å². The van der Waals surface area contributed by atoms with Crippen molar-refractivity contribution in [3.63, 3.8) is 0 Å². The molecule has 2 amide bonds. The molecule has 6 aromatic rings. The van der Waals surface area contributed by atoms with Crippen molar-refractivity contribution in [3.8, 4) is 11.4 Å². The summed E-state index contributed by atoms with van der Waals surface area (Å²) in [5, 5.41) is 14.4. The first-order chi connectivity index (χ1) is 29.6. The molecule has 0 radical (unpaired) electrons. The summed E-state index contributed by atoms with van der Waals surface area (Å²) < 4.78 is 15.0. The van der Waals surface area contributed by atoms with E-state index >= 15 is 0 Å². The third kappa shape index (κ3) is 11.0. The number of para-hydroxylation sites is 2. The van der Waals surface area contributed by atoms with Crippen molar-refractivity contribution in [3.05, 3.63) is 123 Å². The van der Waals surface area contributed by atoms with Crippen LogP contribution in [0.2, 0.25) is 10.0 Å². The molecular formula is C45H50Cl2N8O6. The molecule has 3 heterocycles. The van der Waals surface area contributed by atoms with Gasteiger partial charge in [0.05, 0.1) is 46.2 Å². The normalized spacial score (nSPS) is 11.7. The van der Waals surface area contributed by atoms with Crippen molar-refractivity contribution in [1.29, 1.82) is 0 Å². The fraction of sp³-hybridized carbons (Fsp3) is 0.356. The lowest BCUT2D eigenvalue weighted by Crippen LogP contribution is -2.40. The number of amides is 2. The van der Waals surface area contributed by atoms with Crippen LogP contribution in [0.15, 0.2) is 90.0 Å². The minimum Gasteiger partial charge on any atom is -0.491 e. The lowest BCUT2D eigenvalue weighted by atomic mass is 10.1. The van der Waals surface area contributed by atoms with Crippen molar-refractivity contribution < 1.29 is 23.9 Å². The van der Waals surface area contributed by atoms with E-state index in [1.165, 1.54) is 57.9 Å². The van der Waals surface area contributed by atoms with Crippen LogP contribution in [-0.2, 0) is 9.53 Å². The summed E-state index contributed by atoms with van der Waals surface area (Å²) in [6, 6.07) is 17.9. The Labute approximate surface area is 364 Å². The Morgan fingerprint density at radius 1 is 0.803 bits per heavy atom. The van der Waals surface area contributed by atoms with Crippen LogP contribution in [0.25, 0.3) is 16.6 Å². The van der Waals surface area contributed by atoms with Gasteiger partial charge in [0.15, 0.2) is 17.6 Å². The predicted molar refractivity (Wildman–Crippen MR) is 237 cm³/mol. The minimum atomic E-state index is -1.68. The smallest absolute Gasteiger partial charge is 0.360 e. The number of rotatable bonds is 20. The number of esters is 1. The number of fused-ring (bicyclic) bond motifs is 1. The molecule has 0 saturated heterocycles. The Morgan fingerprint density at radius 3 is 2.20 bits per heavy atom. The number of aromatic nitrogens is 6. The van der Waals surface area contributed by atoms with Gasteiger partial charge in [0, 0.05) is 23.1 Å². The SMILES string of the molecule is CCCCCCCCCCCCOc1ccc(Cl)cc1NC(=O)C(c1nc2cn(-c3ccccc3)cc2c(=O)n1C(=O)Nc1ccccc1Cl)n1nnc(C(=O)OCC)c1C. The van der Waals surface area contributed by atoms with Crippen LogP contribution in [0.4, 0.5) is 16.2 Å². The molecule has 61 heavy (non-hydrogen) atoms. The molecule has 0 fully saturated rings. The second kappa shape index (κ2) is 21.5. The monoisotopic (exact) mass is 868 g/mol. The summed E-state index contributed by atoms with van der Waals surface area (Å²) in [5.41, 5.74) is 0.479. The lowest BCUT2D eigenvalue weighted by Gasteiger charge is -2.22. The number of carbonyl (C=O) groups is 3. The number of halogens is 2. The van der Waals surface area contributed by atoms with Crippen LogP contribution >= 0.6 is 23.2 Å². The highest BCUT2D eigenvalue weighted by Gasteiger charge is 2.35. The third-order valence-corrected chi connectivity index (χ3v) is 10.7. The van der Waals surface area contributed by atoms with Gasteiger partial charge in [0.25, 0.3) is 11.5 Å². The highest BCUT2D eigenvalue weighted by Crippen LogP contribution is 2.31. The Morgan fingerprint density at radius 2 is 1.49 bits per heavy atom. The molecule has 3 aromatic heterocycles. The van der Waals surface area contributed by atoms with E-state index in [0.717, 1.165) is 34.2 Å². The largest absolute Gasteiger partial charge is 0.491 e. The highest BCUT2D eigenvalue weighted by molar-refractivity contribution is 6.33. The van der Waals surface area contributed by atoms with Gasteiger partial charge in [0.1, 0.15) is 5.75 Å². The number of benzene rings is 3. The first kappa shape index (κ1) is 44.6. The second-order valence-electron chi connectivity index (χ2n) is 14.6. The fourth-order valence-corrected chi connectivity index (χ4v) is 7.32. The van der Waals surface area contributed by atoms with E-state index in [0.29, 0.717) is 17.4 Å². The average Bonchev–Trinajstić information content (AvgIpc) is 3.86. The standard InChI is InChI=1S/C45H50Cl2N8O6/c1-4-6-7-8-9-10-11-12-13-19-26-61-38-25-24-31(46)27-36(38)49-42(56)40(55-30(3)39(51-52-55)44(58)60-5-2)41-48-37-29-53(32-20-15-14-16-21-32)28-33(37)43(57)54(41)45(59)50-35-23-18-17-22-34(35)47/h14-18,20-25,27-29,40H,4-13,19,26H2,1-3H3,(H,49,56)(H,50,59). The summed E-state index contributed by atoms with van der Waals surface area (Å²) >= 11 is 12.9. The van der Waals surface area contributed by atoms with Gasteiger partial charge in [-0.1, -0.05) is 123 Å². The topological polar surface area (TPSA) is 164 Å². The van der Waals surface area contributed by atoms with Crippen LogP contribution < -0.4 is 20.9 Å². The van der Waals surface area contributed by atoms with Crippen LogP contribution in [-0.4, -0.2) is 60.2 Å². The van der Waals surface area contributed by atoms with Gasteiger partial charge in [-0.15, -0.1) is 5.10 Å². The third-order valence-electron chi connectivity index (χ3n) is 10.2. The molecule has 0 spiro atoms. The number of ether oxygens (including phenoxy) is 2. The molecular weight excluding hydrogens is 819 g/mol. The van der Waals surface area contributed by atoms with Gasteiger partial charge in [-0.2, -0.15) is 0 Å². The van der Waals surface area contributed by atoms with E-state index in [1.54, 1.807) is 60.3 Å². The van der Waals surface area contributed by atoms with Gasteiger partial charge in [-0.05, 0) is 62.7 Å². The minimum absolute atomic E-state index is 0.0596. The number of hydrogen-bond acceptors (Lipinski definition) is 9. The molecule has 6 rings (SSSR count). The summed E-state index contributed by atoms with van der Waals surface area (Å²) in [4.78, 5) is 61.7. The van der Waals surface area contributed by atoms with Gasteiger partial charge in [-0.25, -0.2) is 23.8 Å². The quantitative estimate of drug-likeness (QED) is 0.0561. The molecule has 14 nitrogen and oxygen atoms in total. The van der Waals surface area contributed by atoms with Gasteiger partial charge < -0.3 is 24.7 Å². The molecule has 320 valence electrons. The van der Waals surface area contributed by atoms with E-state index in [2.05, 4.69) is 27.9 Å². The van der Waals surface area contributed by atoms with Crippen molar-refractivity contribution in [2.45, 2.75) is 91.0 Å². The van der Waals surface area contributed by atoms with E-state index < -0.39 is 29.5 Å². The summed E-state index contributed by atoms with van der Waals surface area (Å²) in [6.45, 7) is 5.84. The Hall–Kier alpha value is -5.99. The molecule has 0 bridgehead atoms. The van der Waals surface area contributed by atoms with Crippen LogP contribution in [0, 0.1) is 6.92 Å². The number of unbranched alkanes of at least 4 members (excludes halogenated alkanes) is 9. The molecule has 16 heteroatoms. The maximum Gasteiger partial charge on any atom is 0.360 e. The second-order valence-corrected chi connectivity index (χ2v) is 15.4. The Bertz CT molecular complexity index is 2520. The fourth-order valence-electron chi connectivity index (χ4n) is 6.97. The average molecular weight is 870 g/mol. The number of nitrogens with zero attached hydrogens (tertiary/aromatic N) is 6. The van der Waals surface area contributed by atoms with Crippen molar-refractivity contribution in [2.24, 2.45) is 0 Å². The van der Waals surface area contributed by atoms with E-state index in [-0.39, 0.29) is 51.1 Å². The Kier molecular flexibility index (Phi) is 15.7. The summed E-state index contributed by atoms with van der Waals surface area (Å²) in [7, 11) is 0. The van der Waals surface area contributed by atoms with Crippen LogP contribution in [0.3, 0.4) is 0 Å². The maximum atomic E-state index is 14.9. The summed E-state index contributed by atoms with van der Waals surface area (Å²) in [6.07, 6.45) is 14.9. The van der Waals surface area contributed by atoms with Gasteiger partial charge in [-0.3, -0.25) is 9.59 Å². The molecule has 1 unspecified atom stereocenters. The number of nitrogens with one attached hydrogen (secondary N) is 2. The molecule has 0 aliphatic carbocycles. The Balaban J connectivity index is 1.38. The molecule has 0 aliphatic rings. The first-order valence-electron chi connectivity index (χ1n) is 20.7. The zero-order valence-corrected chi connectivity index (χ0v) is 36.0. The van der Waals surface area contributed by atoms with Crippen molar-refractivity contribution >= 4 is 63.4 Å². The summed E-state index contributed by atoms with van der Waals surface area (Å²) in [5.74, 6) is -1.57. The van der Waals surface area contributed by atoms with Gasteiger partial charge in [0.2, 0.25) is 0 Å². The zero-order valence-electron chi connectivity index (χ0n) is 34.5. The number of anilines is 2. The highest BCUT2D eigenvalue weighted by atomic mass is 35.5. The first-order valence-corrected chi connectivity index (χ1v) is 21.4. The van der Waals surface area contributed by atoms with Crippen molar-refractivity contribution in [1.82, 2.24) is 29.1 Å². The van der Waals surface area contributed by atoms with Crippen molar-refractivity contribution in [2.75, 3.05) is 23.8 Å². The molecule has 0 saturated carbocycles. The molecule has 2 N–H and O–H groups in total. The van der Waals surface area contributed by atoms with Crippen LogP contribution in [0.1, 0.15) is 106 Å². The lowest BCUT2D eigenvalue weighted by molar-refractivity contribution is -0.118. The zero-order chi connectivity index (χ0) is 43.3. The van der Waals surface area contributed by atoms with Crippen LogP contribution in [0.5, 0.6) is 5.75 Å².